The molecule has 0 saturated carbocycles. The minimum absolute atomic E-state index is 0.0775. The van der Waals surface area contributed by atoms with Crippen molar-refractivity contribution in [2.24, 2.45) is 5.73 Å². The molecule has 2 rings (SSSR count). The quantitative estimate of drug-likeness (QED) is 0.675. The Balaban J connectivity index is 2.21. The molecule has 0 saturated heterocycles. The molecule has 0 unspecified atom stereocenters. The van der Waals surface area contributed by atoms with Crippen molar-refractivity contribution in [3.8, 4) is 11.6 Å². The lowest BCUT2D eigenvalue weighted by molar-refractivity contribution is 0.462. The highest BCUT2D eigenvalue weighted by atomic mass is 79.9. The van der Waals surface area contributed by atoms with Crippen LogP contribution in [0.2, 0.25) is 0 Å². The van der Waals surface area contributed by atoms with Crippen LogP contribution in [0.1, 0.15) is 5.69 Å². The Bertz CT molecular complexity index is 540. The summed E-state index contributed by atoms with van der Waals surface area (Å²) in [5.41, 5.74) is 5.76. The third-order valence-corrected chi connectivity index (χ3v) is 2.56. The molecule has 0 radical (unpaired) electrons. The van der Waals surface area contributed by atoms with Gasteiger partial charge in [-0.2, -0.15) is 0 Å². The molecule has 5 heteroatoms. The van der Waals surface area contributed by atoms with Gasteiger partial charge in [-0.1, -0.05) is 22.0 Å². The number of nitrogens with two attached hydrogens (primary N) is 1. The maximum Gasteiger partial charge on any atom is 0.219 e. The Kier molecular flexibility index (Phi) is 3.39. The normalized spacial score (nSPS) is 9.94. The van der Waals surface area contributed by atoms with E-state index in [0.29, 0.717) is 17.3 Å². The van der Waals surface area contributed by atoms with Crippen molar-refractivity contribution in [1.29, 1.82) is 5.41 Å². The Labute approximate surface area is 107 Å². The van der Waals surface area contributed by atoms with Gasteiger partial charge in [0.1, 0.15) is 17.3 Å². The van der Waals surface area contributed by atoms with E-state index in [1.807, 2.05) is 24.3 Å². The van der Waals surface area contributed by atoms with Crippen LogP contribution in [-0.2, 0) is 0 Å². The molecule has 17 heavy (non-hydrogen) atoms. The van der Waals surface area contributed by atoms with Crippen LogP contribution in [0.25, 0.3) is 0 Å². The Morgan fingerprint density at radius 1 is 1.18 bits per heavy atom. The highest BCUT2D eigenvalue weighted by molar-refractivity contribution is 9.10. The summed E-state index contributed by atoms with van der Waals surface area (Å²) < 4.78 is 6.52. The molecule has 4 nitrogen and oxygen atoms in total. The molecule has 0 aliphatic carbocycles. The molecule has 1 heterocycles. The zero-order valence-electron chi connectivity index (χ0n) is 8.85. The monoisotopic (exact) mass is 291 g/mol. The minimum Gasteiger partial charge on any atom is -0.439 e. The first-order chi connectivity index (χ1) is 8.15. The van der Waals surface area contributed by atoms with Gasteiger partial charge in [0.2, 0.25) is 5.88 Å². The van der Waals surface area contributed by atoms with Crippen molar-refractivity contribution in [2.75, 3.05) is 0 Å². The number of amidine groups is 1. The maximum absolute atomic E-state index is 7.29. The van der Waals surface area contributed by atoms with Crippen molar-refractivity contribution in [3.63, 3.8) is 0 Å². The Morgan fingerprint density at radius 3 is 2.53 bits per heavy atom. The summed E-state index contributed by atoms with van der Waals surface area (Å²) in [6.07, 6.45) is 0. The molecular weight excluding hydrogens is 282 g/mol. The Morgan fingerprint density at radius 2 is 1.88 bits per heavy atom. The smallest absolute Gasteiger partial charge is 0.219 e. The zero-order chi connectivity index (χ0) is 12.3. The molecule has 0 bridgehead atoms. The predicted octanol–water partition coefficient (Wildman–Crippen LogP) is 2.92. The van der Waals surface area contributed by atoms with Crippen LogP contribution in [0.4, 0.5) is 0 Å². The number of benzene rings is 1. The van der Waals surface area contributed by atoms with E-state index in [1.54, 1.807) is 18.2 Å². The summed E-state index contributed by atoms with van der Waals surface area (Å²) in [5.74, 6) is 1.02. The van der Waals surface area contributed by atoms with Gasteiger partial charge >= 0.3 is 0 Å². The van der Waals surface area contributed by atoms with Gasteiger partial charge in [0.15, 0.2) is 0 Å². The van der Waals surface area contributed by atoms with Crippen LogP contribution in [0.5, 0.6) is 11.6 Å². The van der Waals surface area contributed by atoms with Crippen molar-refractivity contribution < 1.29 is 4.74 Å². The van der Waals surface area contributed by atoms with Crippen molar-refractivity contribution in [1.82, 2.24) is 4.98 Å². The number of aromatic nitrogens is 1. The van der Waals surface area contributed by atoms with Gasteiger partial charge in [0.05, 0.1) is 0 Å². The van der Waals surface area contributed by atoms with E-state index < -0.39 is 0 Å². The predicted molar refractivity (Wildman–Crippen MR) is 69.5 cm³/mol. The number of rotatable bonds is 3. The number of nitrogens with zero attached hydrogens (tertiary/aromatic N) is 1. The number of hydrogen-bond donors (Lipinski definition) is 2. The summed E-state index contributed by atoms with van der Waals surface area (Å²) in [4.78, 5) is 4.11. The van der Waals surface area contributed by atoms with Gasteiger partial charge in [-0.3, -0.25) is 5.41 Å². The number of nitrogen functional groups attached to an aromatic ring is 1. The van der Waals surface area contributed by atoms with E-state index in [0.717, 1.165) is 4.47 Å². The van der Waals surface area contributed by atoms with Gasteiger partial charge in [-0.15, -0.1) is 0 Å². The minimum atomic E-state index is -0.0775. The fourth-order valence-corrected chi connectivity index (χ4v) is 1.51. The third-order valence-electron chi connectivity index (χ3n) is 2.04. The number of ether oxygens (including phenoxy) is 1. The zero-order valence-corrected chi connectivity index (χ0v) is 10.4. The molecule has 0 aliphatic heterocycles. The summed E-state index contributed by atoms with van der Waals surface area (Å²) in [5, 5.41) is 7.29. The fourth-order valence-electron chi connectivity index (χ4n) is 1.25. The van der Waals surface area contributed by atoms with Crippen LogP contribution in [-0.4, -0.2) is 10.8 Å². The van der Waals surface area contributed by atoms with Crippen LogP contribution in [0.3, 0.4) is 0 Å². The topological polar surface area (TPSA) is 72.0 Å². The summed E-state index contributed by atoms with van der Waals surface area (Å²) in [6, 6.07) is 12.5. The van der Waals surface area contributed by atoms with Crippen LogP contribution < -0.4 is 10.5 Å². The van der Waals surface area contributed by atoms with Gasteiger partial charge in [0, 0.05) is 10.5 Å². The number of pyridine rings is 1. The van der Waals surface area contributed by atoms with Gasteiger partial charge < -0.3 is 10.5 Å². The first kappa shape index (κ1) is 11.6. The average Bonchev–Trinajstić information content (AvgIpc) is 2.32. The van der Waals surface area contributed by atoms with E-state index >= 15 is 0 Å². The standard InChI is InChI=1S/C12H10BrN3O/c13-8-4-6-9(7-5-8)17-11-3-1-2-10(16-11)12(14)15/h1-7H,(H3,14,15). The molecular formula is C12H10BrN3O. The molecule has 2 aromatic rings. The fraction of sp³-hybridized carbons (Fsp3) is 0. The number of halogens is 1. The molecule has 1 aromatic carbocycles. The van der Waals surface area contributed by atoms with Crippen molar-refractivity contribution in [2.45, 2.75) is 0 Å². The van der Waals surface area contributed by atoms with Gasteiger partial charge in [-0.25, -0.2) is 4.98 Å². The molecule has 0 spiro atoms. The second-order valence-corrected chi connectivity index (χ2v) is 4.25. The number of nitrogens with one attached hydrogen (secondary N) is 1. The molecule has 0 amide bonds. The van der Waals surface area contributed by atoms with Gasteiger partial charge in [-0.05, 0) is 30.3 Å². The average molecular weight is 292 g/mol. The van der Waals surface area contributed by atoms with E-state index in [9.17, 15) is 0 Å². The Hall–Kier alpha value is -1.88. The second-order valence-electron chi connectivity index (χ2n) is 3.33. The van der Waals surface area contributed by atoms with Crippen molar-refractivity contribution >= 4 is 21.8 Å². The molecule has 86 valence electrons. The van der Waals surface area contributed by atoms with Crippen LogP contribution >= 0.6 is 15.9 Å². The molecule has 0 aliphatic rings. The highest BCUT2D eigenvalue weighted by Crippen LogP contribution is 2.21. The van der Waals surface area contributed by atoms with Crippen LogP contribution in [0.15, 0.2) is 46.9 Å². The molecule has 3 N–H and O–H groups in total. The maximum atomic E-state index is 7.29. The molecule has 1 aromatic heterocycles. The van der Waals surface area contributed by atoms with Crippen LogP contribution in [0, 0.1) is 5.41 Å². The lowest BCUT2D eigenvalue weighted by Crippen LogP contribution is -2.13. The lowest BCUT2D eigenvalue weighted by atomic mass is 10.3. The molecule has 0 fully saturated rings. The lowest BCUT2D eigenvalue weighted by Gasteiger charge is -2.05. The van der Waals surface area contributed by atoms with E-state index in [2.05, 4.69) is 20.9 Å². The summed E-state index contributed by atoms with van der Waals surface area (Å²) in [6.45, 7) is 0. The summed E-state index contributed by atoms with van der Waals surface area (Å²) in [7, 11) is 0. The van der Waals surface area contributed by atoms with Gasteiger partial charge in [0.25, 0.3) is 0 Å². The van der Waals surface area contributed by atoms with E-state index in [4.69, 9.17) is 15.9 Å². The van der Waals surface area contributed by atoms with Crippen molar-refractivity contribution in [3.05, 3.63) is 52.6 Å². The first-order valence-corrected chi connectivity index (χ1v) is 5.69. The largest absolute Gasteiger partial charge is 0.439 e. The van der Waals surface area contributed by atoms with E-state index in [1.165, 1.54) is 0 Å². The second kappa shape index (κ2) is 4.97. The molecule has 0 atom stereocenters. The first-order valence-electron chi connectivity index (χ1n) is 4.90. The SMILES string of the molecule is N=C(N)c1cccc(Oc2ccc(Br)cc2)n1. The highest BCUT2D eigenvalue weighted by Gasteiger charge is 2.02. The summed E-state index contributed by atoms with van der Waals surface area (Å²) >= 11 is 3.35. The van der Waals surface area contributed by atoms with E-state index in [-0.39, 0.29) is 5.84 Å². The third kappa shape index (κ3) is 3.04. The number of hydrogen-bond acceptors (Lipinski definition) is 3.